The molecule has 0 aliphatic carbocycles. The Morgan fingerprint density at radius 1 is 1.19 bits per heavy atom. The molecular formula is C20H21N3O3S. The molecule has 3 aromatic rings. The van der Waals surface area contributed by atoms with E-state index in [1.807, 2.05) is 36.4 Å². The monoisotopic (exact) mass is 383 g/mol. The van der Waals surface area contributed by atoms with Crippen molar-refractivity contribution in [1.29, 1.82) is 0 Å². The standard InChI is InChI=1S/C20H21N3O3S/c1-26-12-5-11-23(14-18(24)22-20-21-10-13-27-20)19(25)17-9-4-7-15-6-2-3-8-16(15)17/h2-4,6-10,13H,5,11-12,14H2,1H3,(H,21,22,24). The molecule has 140 valence electrons. The summed E-state index contributed by atoms with van der Waals surface area (Å²) in [5.74, 6) is -0.437. The van der Waals surface area contributed by atoms with Crippen LogP contribution in [0.3, 0.4) is 0 Å². The number of benzene rings is 2. The van der Waals surface area contributed by atoms with Gasteiger partial charge >= 0.3 is 0 Å². The van der Waals surface area contributed by atoms with Gasteiger partial charge < -0.3 is 15.0 Å². The predicted molar refractivity (Wildman–Crippen MR) is 107 cm³/mol. The van der Waals surface area contributed by atoms with Crippen molar-refractivity contribution in [2.75, 3.05) is 32.1 Å². The van der Waals surface area contributed by atoms with Crippen molar-refractivity contribution in [2.24, 2.45) is 0 Å². The van der Waals surface area contributed by atoms with Gasteiger partial charge in [0, 0.05) is 37.4 Å². The van der Waals surface area contributed by atoms with E-state index in [0.29, 0.717) is 30.3 Å². The minimum absolute atomic E-state index is 0.0364. The summed E-state index contributed by atoms with van der Waals surface area (Å²) in [6, 6.07) is 13.4. The molecule has 0 spiro atoms. The summed E-state index contributed by atoms with van der Waals surface area (Å²) in [6.45, 7) is 0.917. The fourth-order valence-electron chi connectivity index (χ4n) is 2.85. The highest BCUT2D eigenvalue weighted by molar-refractivity contribution is 7.13. The number of thiazole rings is 1. The molecule has 2 amide bonds. The normalized spacial score (nSPS) is 10.7. The first-order chi connectivity index (χ1) is 13.2. The van der Waals surface area contributed by atoms with Gasteiger partial charge in [-0.3, -0.25) is 9.59 Å². The first-order valence-electron chi connectivity index (χ1n) is 8.64. The van der Waals surface area contributed by atoms with E-state index in [1.54, 1.807) is 29.7 Å². The quantitative estimate of drug-likeness (QED) is 0.605. The van der Waals surface area contributed by atoms with Gasteiger partial charge in [0.2, 0.25) is 5.91 Å². The number of fused-ring (bicyclic) bond motifs is 1. The van der Waals surface area contributed by atoms with E-state index < -0.39 is 0 Å². The van der Waals surface area contributed by atoms with E-state index in [1.165, 1.54) is 11.3 Å². The highest BCUT2D eigenvalue weighted by atomic mass is 32.1. The number of hydrogen-bond donors (Lipinski definition) is 1. The molecule has 27 heavy (non-hydrogen) atoms. The maximum atomic E-state index is 13.2. The average molecular weight is 383 g/mol. The summed E-state index contributed by atoms with van der Waals surface area (Å²) in [6.07, 6.45) is 2.27. The maximum absolute atomic E-state index is 13.2. The van der Waals surface area contributed by atoms with E-state index in [4.69, 9.17) is 4.74 Å². The zero-order valence-corrected chi connectivity index (χ0v) is 15.9. The topological polar surface area (TPSA) is 71.5 Å². The van der Waals surface area contributed by atoms with Crippen LogP contribution in [0.1, 0.15) is 16.8 Å². The fraction of sp³-hybridized carbons (Fsp3) is 0.250. The zero-order valence-electron chi connectivity index (χ0n) is 15.1. The van der Waals surface area contributed by atoms with Gasteiger partial charge in [-0.2, -0.15) is 0 Å². The van der Waals surface area contributed by atoms with Crippen molar-refractivity contribution in [1.82, 2.24) is 9.88 Å². The lowest BCUT2D eigenvalue weighted by atomic mass is 10.0. The third kappa shape index (κ3) is 4.90. The lowest BCUT2D eigenvalue weighted by Crippen LogP contribution is -2.39. The van der Waals surface area contributed by atoms with Crippen molar-refractivity contribution < 1.29 is 14.3 Å². The van der Waals surface area contributed by atoms with Crippen molar-refractivity contribution in [2.45, 2.75) is 6.42 Å². The first-order valence-corrected chi connectivity index (χ1v) is 9.52. The summed E-state index contributed by atoms with van der Waals surface area (Å²) in [4.78, 5) is 31.2. The predicted octanol–water partition coefficient (Wildman–Crippen LogP) is 3.41. The number of nitrogens with one attached hydrogen (secondary N) is 1. The fourth-order valence-corrected chi connectivity index (χ4v) is 3.40. The highest BCUT2D eigenvalue weighted by Gasteiger charge is 2.20. The summed E-state index contributed by atoms with van der Waals surface area (Å²) < 4.78 is 5.09. The molecule has 3 rings (SSSR count). The number of amides is 2. The summed E-state index contributed by atoms with van der Waals surface area (Å²) >= 11 is 1.34. The molecule has 0 saturated carbocycles. The van der Waals surface area contributed by atoms with E-state index in [0.717, 1.165) is 10.8 Å². The maximum Gasteiger partial charge on any atom is 0.254 e. The van der Waals surface area contributed by atoms with Crippen molar-refractivity contribution in [3.8, 4) is 0 Å². The van der Waals surface area contributed by atoms with Crippen LogP contribution >= 0.6 is 11.3 Å². The van der Waals surface area contributed by atoms with Crippen molar-refractivity contribution in [3.63, 3.8) is 0 Å². The number of hydrogen-bond acceptors (Lipinski definition) is 5. The van der Waals surface area contributed by atoms with E-state index in [-0.39, 0.29) is 18.4 Å². The van der Waals surface area contributed by atoms with E-state index >= 15 is 0 Å². The molecule has 0 bridgehead atoms. The van der Waals surface area contributed by atoms with E-state index in [2.05, 4.69) is 10.3 Å². The van der Waals surface area contributed by atoms with Crippen LogP contribution in [0.4, 0.5) is 5.13 Å². The first kappa shape index (κ1) is 19.0. The van der Waals surface area contributed by atoms with Crippen LogP contribution in [0.15, 0.2) is 54.0 Å². The molecule has 2 aromatic carbocycles. The van der Waals surface area contributed by atoms with Crippen LogP contribution in [0.5, 0.6) is 0 Å². The molecule has 1 N–H and O–H groups in total. The van der Waals surface area contributed by atoms with Crippen LogP contribution in [0.25, 0.3) is 10.8 Å². The third-order valence-electron chi connectivity index (χ3n) is 4.10. The van der Waals surface area contributed by atoms with Gasteiger partial charge in [0.15, 0.2) is 5.13 Å². The Balaban J connectivity index is 1.80. The van der Waals surface area contributed by atoms with Crippen molar-refractivity contribution >= 4 is 39.1 Å². The Kier molecular flexibility index (Phi) is 6.51. The Morgan fingerprint density at radius 2 is 2.00 bits per heavy atom. The second-order valence-electron chi connectivity index (χ2n) is 5.99. The summed E-state index contributed by atoms with van der Waals surface area (Å²) in [5, 5.41) is 6.91. The Hall–Kier alpha value is -2.77. The van der Waals surface area contributed by atoms with Gasteiger partial charge in [-0.05, 0) is 23.3 Å². The molecule has 0 atom stereocenters. The SMILES string of the molecule is COCCCN(CC(=O)Nc1nccs1)C(=O)c1cccc2ccccc12. The molecule has 0 fully saturated rings. The van der Waals surface area contributed by atoms with Crippen LogP contribution < -0.4 is 5.32 Å². The lowest BCUT2D eigenvalue weighted by molar-refractivity contribution is -0.116. The number of carbonyl (C=O) groups is 2. The van der Waals surface area contributed by atoms with E-state index in [9.17, 15) is 9.59 Å². The summed E-state index contributed by atoms with van der Waals surface area (Å²) in [7, 11) is 1.62. The Morgan fingerprint density at radius 3 is 2.78 bits per heavy atom. The molecule has 7 heteroatoms. The average Bonchev–Trinajstić information content (AvgIpc) is 3.19. The molecule has 0 aliphatic heterocycles. The van der Waals surface area contributed by atoms with Gasteiger partial charge in [-0.15, -0.1) is 11.3 Å². The van der Waals surface area contributed by atoms with Gasteiger partial charge in [0.1, 0.15) is 6.54 Å². The van der Waals surface area contributed by atoms with Crippen LogP contribution in [0, 0.1) is 0 Å². The molecule has 1 heterocycles. The molecule has 1 aromatic heterocycles. The molecule has 0 saturated heterocycles. The van der Waals surface area contributed by atoms with Gasteiger partial charge in [0.25, 0.3) is 5.91 Å². The smallest absolute Gasteiger partial charge is 0.254 e. The van der Waals surface area contributed by atoms with Crippen LogP contribution in [0.2, 0.25) is 0 Å². The zero-order chi connectivity index (χ0) is 19.1. The Bertz CT molecular complexity index is 906. The number of nitrogens with zero attached hydrogens (tertiary/aromatic N) is 2. The van der Waals surface area contributed by atoms with Crippen molar-refractivity contribution in [3.05, 3.63) is 59.6 Å². The molecule has 6 nitrogen and oxygen atoms in total. The third-order valence-corrected chi connectivity index (χ3v) is 4.79. The molecular weight excluding hydrogens is 362 g/mol. The largest absolute Gasteiger partial charge is 0.385 e. The molecule has 0 unspecified atom stereocenters. The molecule has 0 aliphatic rings. The van der Waals surface area contributed by atoms with Gasteiger partial charge in [-0.25, -0.2) is 4.98 Å². The van der Waals surface area contributed by atoms with Gasteiger partial charge in [0.05, 0.1) is 0 Å². The number of anilines is 1. The van der Waals surface area contributed by atoms with Crippen LogP contribution in [-0.2, 0) is 9.53 Å². The number of aromatic nitrogens is 1. The second kappa shape index (κ2) is 9.25. The lowest BCUT2D eigenvalue weighted by Gasteiger charge is -2.22. The second-order valence-corrected chi connectivity index (χ2v) is 6.88. The minimum Gasteiger partial charge on any atom is -0.385 e. The van der Waals surface area contributed by atoms with Crippen LogP contribution in [-0.4, -0.2) is 48.5 Å². The highest BCUT2D eigenvalue weighted by Crippen LogP contribution is 2.20. The minimum atomic E-state index is -0.268. The number of carbonyl (C=O) groups excluding carboxylic acids is 2. The number of methoxy groups -OCH3 is 1. The molecule has 0 radical (unpaired) electrons. The van der Waals surface area contributed by atoms with Gasteiger partial charge in [-0.1, -0.05) is 36.4 Å². The number of ether oxygens (including phenoxy) is 1. The Labute approximate surface area is 161 Å². The number of rotatable bonds is 8. The summed E-state index contributed by atoms with van der Waals surface area (Å²) in [5.41, 5.74) is 0.590.